The van der Waals surface area contributed by atoms with Crippen LogP contribution in [0.2, 0.25) is 0 Å². The Labute approximate surface area is 73.7 Å². The number of Topliss-reactive ketones (excluding diaryl/α,β-unsaturated/α-hetero) is 1. The SMILES string of the molecule is COCC(C)CN1CCC(=O)C1. The van der Waals surface area contributed by atoms with E-state index < -0.39 is 0 Å². The van der Waals surface area contributed by atoms with Gasteiger partial charge in [0.1, 0.15) is 5.78 Å². The van der Waals surface area contributed by atoms with Crippen molar-refractivity contribution in [2.75, 3.05) is 33.4 Å². The third-order valence-corrected chi connectivity index (χ3v) is 2.13. The summed E-state index contributed by atoms with van der Waals surface area (Å²) in [7, 11) is 1.71. The average molecular weight is 171 g/mol. The molecule has 0 amide bonds. The lowest BCUT2D eigenvalue weighted by Crippen LogP contribution is -2.28. The molecule has 0 spiro atoms. The molecular formula is C9H17NO2. The molecule has 1 aliphatic heterocycles. The number of carbonyl (C=O) groups is 1. The fourth-order valence-corrected chi connectivity index (χ4v) is 1.62. The number of hydrogen-bond donors (Lipinski definition) is 0. The number of rotatable bonds is 4. The molecule has 3 nitrogen and oxygen atoms in total. The van der Waals surface area contributed by atoms with Gasteiger partial charge >= 0.3 is 0 Å². The second-order valence-corrected chi connectivity index (χ2v) is 3.58. The minimum Gasteiger partial charge on any atom is -0.384 e. The first-order valence-corrected chi connectivity index (χ1v) is 4.45. The van der Waals surface area contributed by atoms with Gasteiger partial charge < -0.3 is 4.74 Å². The van der Waals surface area contributed by atoms with Crippen molar-refractivity contribution in [3.8, 4) is 0 Å². The molecular weight excluding hydrogens is 154 g/mol. The number of ketones is 1. The van der Waals surface area contributed by atoms with Gasteiger partial charge in [-0.05, 0) is 5.92 Å². The first kappa shape index (κ1) is 9.68. The summed E-state index contributed by atoms with van der Waals surface area (Å²) in [6, 6.07) is 0. The van der Waals surface area contributed by atoms with Gasteiger partial charge in [-0.15, -0.1) is 0 Å². The van der Waals surface area contributed by atoms with Crippen LogP contribution in [0.15, 0.2) is 0 Å². The average Bonchev–Trinajstić information content (AvgIpc) is 2.36. The highest BCUT2D eigenvalue weighted by Crippen LogP contribution is 2.07. The lowest BCUT2D eigenvalue weighted by Gasteiger charge is -2.18. The molecule has 1 unspecified atom stereocenters. The van der Waals surface area contributed by atoms with Gasteiger partial charge in [-0.3, -0.25) is 9.69 Å². The van der Waals surface area contributed by atoms with Crippen molar-refractivity contribution >= 4 is 5.78 Å². The highest BCUT2D eigenvalue weighted by molar-refractivity contribution is 5.82. The summed E-state index contributed by atoms with van der Waals surface area (Å²) in [5, 5.41) is 0. The van der Waals surface area contributed by atoms with Crippen molar-refractivity contribution in [1.82, 2.24) is 4.90 Å². The summed E-state index contributed by atoms with van der Waals surface area (Å²) in [4.78, 5) is 13.1. The smallest absolute Gasteiger partial charge is 0.148 e. The zero-order chi connectivity index (χ0) is 8.97. The molecule has 70 valence electrons. The predicted molar refractivity (Wildman–Crippen MR) is 47.1 cm³/mol. The van der Waals surface area contributed by atoms with Gasteiger partial charge in [0.2, 0.25) is 0 Å². The molecule has 1 fully saturated rings. The quantitative estimate of drug-likeness (QED) is 0.618. The largest absolute Gasteiger partial charge is 0.384 e. The summed E-state index contributed by atoms with van der Waals surface area (Å²) in [5.41, 5.74) is 0. The molecule has 1 saturated heterocycles. The standard InChI is InChI=1S/C9H17NO2/c1-8(7-12-2)5-10-4-3-9(11)6-10/h8H,3-7H2,1-2H3. The second kappa shape index (κ2) is 4.58. The van der Waals surface area contributed by atoms with E-state index in [1.54, 1.807) is 7.11 Å². The highest BCUT2D eigenvalue weighted by atomic mass is 16.5. The molecule has 0 aromatic carbocycles. The first-order chi connectivity index (χ1) is 5.72. The van der Waals surface area contributed by atoms with Gasteiger partial charge in [0.15, 0.2) is 0 Å². The third kappa shape index (κ3) is 2.91. The molecule has 1 atom stereocenters. The van der Waals surface area contributed by atoms with Crippen LogP contribution in [0.25, 0.3) is 0 Å². The molecule has 0 aromatic rings. The van der Waals surface area contributed by atoms with Gasteiger partial charge in [-0.2, -0.15) is 0 Å². The predicted octanol–water partition coefficient (Wildman–Crippen LogP) is 0.544. The molecule has 0 saturated carbocycles. The molecule has 3 heteroatoms. The molecule has 0 aromatic heterocycles. The molecule has 0 radical (unpaired) electrons. The Hall–Kier alpha value is -0.410. The van der Waals surface area contributed by atoms with E-state index >= 15 is 0 Å². The number of likely N-dealkylation sites (tertiary alicyclic amines) is 1. The Morgan fingerprint density at radius 1 is 1.67 bits per heavy atom. The topological polar surface area (TPSA) is 29.5 Å². The van der Waals surface area contributed by atoms with E-state index in [9.17, 15) is 4.79 Å². The number of carbonyl (C=O) groups excluding carboxylic acids is 1. The fourth-order valence-electron chi connectivity index (χ4n) is 1.62. The maximum atomic E-state index is 10.9. The maximum absolute atomic E-state index is 10.9. The normalized spacial score (nSPS) is 21.7. The Morgan fingerprint density at radius 3 is 2.92 bits per heavy atom. The van der Waals surface area contributed by atoms with Crippen molar-refractivity contribution in [1.29, 1.82) is 0 Å². The molecule has 1 aliphatic rings. The van der Waals surface area contributed by atoms with Crippen LogP contribution in [0.3, 0.4) is 0 Å². The summed E-state index contributed by atoms with van der Waals surface area (Å²) in [6.07, 6.45) is 0.736. The summed E-state index contributed by atoms with van der Waals surface area (Å²) in [5.74, 6) is 0.903. The molecule has 0 bridgehead atoms. The molecule has 12 heavy (non-hydrogen) atoms. The van der Waals surface area contributed by atoms with Gasteiger partial charge in [-0.25, -0.2) is 0 Å². The van der Waals surface area contributed by atoms with Gasteiger partial charge in [0.05, 0.1) is 6.54 Å². The maximum Gasteiger partial charge on any atom is 0.148 e. The van der Waals surface area contributed by atoms with Crippen LogP contribution in [-0.2, 0) is 9.53 Å². The zero-order valence-corrected chi connectivity index (χ0v) is 7.88. The van der Waals surface area contributed by atoms with Crippen molar-refractivity contribution in [2.45, 2.75) is 13.3 Å². The number of nitrogens with zero attached hydrogens (tertiary/aromatic N) is 1. The summed E-state index contributed by atoms with van der Waals surface area (Å²) in [6.45, 7) is 5.50. The van der Waals surface area contributed by atoms with E-state index in [0.29, 0.717) is 18.2 Å². The first-order valence-electron chi connectivity index (χ1n) is 4.45. The Kier molecular flexibility index (Phi) is 3.69. The van der Waals surface area contributed by atoms with Crippen LogP contribution in [0.4, 0.5) is 0 Å². The molecule has 1 heterocycles. The van der Waals surface area contributed by atoms with Crippen LogP contribution in [-0.4, -0.2) is 44.0 Å². The molecule has 1 rings (SSSR count). The molecule has 0 aliphatic carbocycles. The van der Waals surface area contributed by atoms with E-state index in [4.69, 9.17) is 4.74 Å². The second-order valence-electron chi connectivity index (χ2n) is 3.58. The lowest BCUT2D eigenvalue weighted by atomic mass is 10.2. The monoisotopic (exact) mass is 171 g/mol. The van der Waals surface area contributed by atoms with E-state index in [1.807, 2.05) is 0 Å². The van der Waals surface area contributed by atoms with Crippen LogP contribution in [0.5, 0.6) is 0 Å². The van der Waals surface area contributed by atoms with Crippen LogP contribution >= 0.6 is 0 Å². The highest BCUT2D eigenvalue weighted by Gasteiger charge is 2.20. The Morgan fingerprint density at radius 2 is 2.42 bits per heavy atom. The van der Waals surface area contributed by atoms with E-state index in [2.05, 4.69) is 11.8 Å². The van der Waals surface area contributed by atoms with Crippen molar-refractivity contribution in [3.63, 3.8) is 0 Å². The van der Waals surface area contributed by atoms with E-state index in [-0.39, 0.29) is 0 Å². The minimum atomic E-state index is 0.375. The summed E-state index contributed by atoms with van der Waals surface area (Å²) >= 11 is 0. The number of ether oxygens (including phenoxy) is 1. The fraction of sp³-hybridized carbons (Fsp3) is 0.889. The number of hydrogen-bond acceptors (Lipinski definition) is 3. The minimum absolute atomic E-state index is 0.375. The zero-order valence-electron chi connectivity index (χ0n) is 7.88. The Bertz CT molecular complexity index is 159. The van der Waals surface area contributed by atoms with E-state index in [0.717, 1.165) is 26.1 Å². The van der Waals surface area contributed by atoms with Gasteiger partial charge in [0, 0.05) is 33.2 Å². The Balaban J connectivity index is 2.18. The molecule has 0 N–H and O–H groups in total. The van der Waals surface area contributed by atoms with Crippen molar-refractivity contribution in [2.24, 2.45) is 5.92 Å². The van der Waals surface area contributed by atoms with E-state index in [1.165, 1.54) is 0 Å². The lowest BCUT2D eigenvalue weighted by molar-refractivity contribution is -0.116. The van der Waals surface area contributed by atoms with Crippen molar-refractivity contribution < 1.29 is 9.53 Å². The van der Waals surface area contributed by atoms with Crippen LogP contribution in [0, 0.1) is 5.92 Å². The van der Waals surface area contributed by atoms with Crippen LogP contribution in [0.1, 0.15) is 13.3 Å². The number of methoxy groups -OCH3 is 1. The third-order valence-electron chi connectivity index (χ3n) is 2.13. The van der Waals surface area contributed by atoms with Gasteiger partial charge in [-0.1, -0.05) is 6.92 Å². The van der Waals surface area contributed by atoms with Crippen molar-refractivity contribution in [3.05, 3.63) is 0 Å². The van der Waals surface area contributed by atoms with Gasteiger partial charge in [0.25, 0.3) is 0 Å². The van der Waals surface area contributed by atoms with Crippen LogP contribution < -0.4 is 0 Å². The summed E-state index contributed by atoms with van der Waals surface area (Å²) < 4.78 is 5.03.